The quantitative estimate of drug-likeness (QED) is 0.790. The van der Waals surface area contributed by atoms with Gasteiger partial charge in [0.2, 0.25) is 6.79 Å². The van der Waals surface area contributed by atoms with Gasteiger partial charge in [-0.05, 0) is 48.5 Å². The molecule has 0 atom stereocenters. The molecule has 0 aromatic heterocycles. The van der Waals surface area contributed by atoms with Crippen molar-refractivity contribution in [3.63, 3.8) is 0 Å². The van der Waals surface area contributed by atoms with Gasteiger partial charge in [0.05, 0.1) is 26.2 Å². The number of thiocarbonyl (C=S) groups is 1. The molecule has 0 unspecified atom stereocenters. The third-order valence-corrected chi connectivity index (χ3v) is 5.65. The molecule has 2 aromatic rings. The fraction of sp³-hybridized carbons (Fsp3) is 0.381. The van der Waals surface area contributed by atoms with Gasteiger partial charge < -0.3 is 24.6 Å². The van der Waals surface area contributed by atoms with E-state index in [1.54, 1.807) is 4.90 Å². The summed E-state index contributed by atoms with van der Waals surface area (Å²) in [4.78, 5) is 3.85. The Morgan fingerprint density at radius 3 is 2.70 bits per heavy atom. The molecule has 4 rings (SSSR count). The zero-order valence-corrected chi connectivity index (χ0v) is 16.5. The van der Waals surface area contributed by atoms with Gasteiger partial charge in [0.1, 0.15) is 6.54 Å². The fourth-order valence-electron chi connectivity index (χ4n) is 3.69. The van der Waals surface area contributed by atoms with Gasteiger partial charge in [-0.15, -0.1) is 0 Å². The number of piperazine rings is 1. The molecule has 2 aliphatic rings. The number of hydrogen-bond acceptors (Lipinski definition) is 3. The summed E-state index contributed by atoms with van der Waals surface area (Å²) < 4.78 is 10.9. The van der Waals surface area contributed by atoms with Crippen molar-refractivity contribution in [1.29, 1.82) is 0 Å². The first-order valence-electron chi connectivity index (χ1n) is 9.59. The summed E-state index contributed by atoms with van der Waals surface area (Å²) in [5.74, 6) is 1.72. The molecule has 0 amide bonds. The van der Waals surface area contributed by atoms with Crippen LogP contribution >= 0.6 is 12.2 Å². The van der Waals surface area contributed by atoms with E-state index in [9.17, 15) is 0 Å². The Kier molecular flexibility index (Phi) is 5.45. The SMILES string of the molecule is CCc1ccccc1NC(=S)N1CC[NH+](Cc2ccc3c(c2)OCO3)CC1. The molecule has 6 heteroatoms. The van der Waals surface area contributed by atoms with Crippen molar-refractivity contribution in [3.05, 3.63) is 53.6 Å². The van der Waals surface area contributed by atoms with Gasteiger partial charge in [0.15, 0.2) is 16.6 Å². The van der Waals surface area contributed by atoms with Crippen molar-refractivity contribution < 1.29 is 14.4 Å². The average molecular weight is 385 g/mol. The van der Waals surface area contributed by atoms with Gasteiger partial charge in [-0.1, -0.05) is 25.1 Å². The van der Waals surface area contributed by atoms with E-state index in [1.165, 1.54) is 11.1 Å². The predicted octanol–water partition coefficient (Wildman–Crippen LogP) is 2.08. The van der Waals surface area contributed by atoms with Crippen LogP contribution in [-0.2, 0) is 13.0 Å². The highest BCUT2D eigenvalue weighted by Crippen LogP contribution is 2.32. The lowest BCUT2D eigenvalue weighted by Crippen LogP contribution is -3.13. The molecule has 5 nitrogen and oxygen atoms in total. The maximum atomic E-state index is 5.66. The number of rotatable bonds is 4. The van der Waals surface area contributed by atoms with Crippen LogP contribution in [0.4, 0.5) is 5.69 Å². The molecule has 2 aromatic carbocycles. The van der Waals surface area contributed by atoms with Gasteiger partial charge in [-0.25, -0.2) is 0 Å². The number of hydrogen-bond donors (Lipinski definition) is 2. The van der Waals surface area contributed by atoms with Gasteiger partial charge in [0.25, 0.3) is 0 Å². The Morgan fingerprint density at radius 2 is 1.89 bits per heavy atom. The van der Waals surface area contributed by atoms with Gasteiger partial charge in [-0.2, -0.15) is 0 Å². The van der Waals surface area contributed by atoms with Gasteiger partial charge in [0, 0.05) is 11.3 Å². The summed E-state index contributed by atoms with van der Waals surface area (Å²) in [5.41, 5.74) is 3.72. The first kappa shape index (κ1) is 18.1. The third kappa shape index (κ3) is 4.17. The highest BCUT2D eigenvalue weighted by Gasteiger charge is 2.23. The van der Waals surface area contributed by atoms with Gasteiger partial charge in [-0.3, -0.25) is 0 Å². The molecule has 0 aliphatic carbocycles. The van der Waals surface area contributed by atoms with Crippen LogP contribution in [0, 0.1) is 0 Å². The van der Waals surface area contributed by atoms with Crippen LogP contribution < -0.4 is 19.7 Å². The molecule has 0 radical (unpaired) electrons. The summed E-state index contributed by atoms with van der Waals surface area (Å²) in [6.45, 7) is 7.60. The second-order valence-corrected chi connectivity index (χ2v) is 7.43. The molecule has 142 valence electrons. The summed E-state index contributed by atoms with van der Waals surface area (Å²) in [6, 6.07) is 14.6. The maximum Gasteiger partial charge on any atom is 0.231 e. The topological polar surface area (TPSA) is 38.2 Å². The Labute approximate surface area is 165 Å². The van der Waals surface area contributed by atoms with Crippen molar-refractivity contribution in [3.8, 4) is 11.5 Å². The largest absolute Gasteiger partial charge is 0.454 e. The van der Waals surface area contributed by atoms with Crippen molar-refractivity contribution in [1.82, 2.24) is 4.90 Å². The van der Waals surface area contributed by atoms with Crippen LogP contribution in [0.5, 0.6) is 11.5 Å². The summed E-state index contributed by atoms with van der Waals surface area (Å²) in [5, 5.41) is 4.27. The Morgan fingerprint density at radius 1 is 1.11 bits per heavy atom. The predicted molar refractivity (Wildman–Crippen MR) is 111 cm³/mol. The molecule has 0 bridgehead atoms. The molecule has 1 fully saturated rings. The van der Waals surface area contributed by atoms with E-state index < -0.39 is 0 Å². The molecule has 27 heavy (non-hydrogen) atoms. The van der Waals surface area contributed by atoms with E-state index in [2.05, 4.69) is 53.5 Å². The summed E-state index contributed by atoms with van der Waals surface area (Å²) in [7, 11) is 0. The second kappa shape index (κ2) is 8.15. The molecule has 0 spiro atoms. The van der Waals surface area contributed by atoms with Crippen molar-refractivity contribution in [2.45, 2.75) is 19.9 Å². The van der Waals surface area contributed by atoms with Crippen LogP contribution in [-0.4, -0.2) is 43.0 Å². The van der Waals surface area contributed by atoms with E-state index in [1.807, 2.05) is 6.07 Å². The Balaban J connectivity index is 1.30. The highest BCUT2D eigenvalue weighted by atomic mass is 32.1. The number of quaternary nitrogens is 1. The minimum Gasteiger partial charge on any atom is -0.454 e. The van der Waals surface area contributed by atoms with E-state index in [0.29, 0.717) is 6.79 Å². The number of ether oxygens (including phenoxy) is 2. The van der Waals surface area contributed by atoms with Crippen LogP contribution in [0.15, 0.2) is 42.5 Å². The average Bonchev–Trinajstić information content (AvgIpc) is 3.17. The number of fused-ring (bicyclic) bond motifs is 1. The number of para-hydroxylation sites is 1. The lowest BCUT2D eigenvalue weighted by molar-refractivity contribution is -0.917. The van der Waals surface area contributed by atoms with Crippen LogP contribution in [0.1, 0.15) is 18.1 Å². The van der Waals surface area contributed by atoms with Crippen molar-refractivity contribution in [2.24, 2.45) is 0 Å². The zero-order chi connectivity index (χ0) is 18.6. The molecular weight excluding hydrogens is 358 g/mol. The minimum absolute atomic E-state index is 0.329. The monoisotopic (exact) mass is 384 g/mol. The van der Waals surface area contributed by atoms with Crippen LogP contribution in [0.3, 0.4) is 0 Å². The number of anilines is 1. The summed E-state index contributed by atoms with van der Waals surface area (Å²) >= 11 is 5.66. The first-order chi connectivity index (χ1) is 13.2. The standard InChI is InChI=1S/C21H25N3O2S/c1-2-17-5-3-4-6-18(17)22-21(27)24-11-9-23(10-12-24)14-16-7-8-19-20(13-16)26-15-25-19/h3-8,13H,2,9-12,14-15H2,1H3,(H,22,27)/p+1. The van der Waals surface area contributed by atoms with E-state index >= 15 is 0 Å². The van der Waals surface area contributed by atoms with E-state index in [-0.39, 0.29) is 0 Å². The molecule has 2 aliphatic heterocycles. The van der Waals surface area contributed by atoms with E-state index in [0.717, 1.165) is 61.4 Å². The number of nitrogens with one attached hydrogen (secondary N) is 2. The maximum absolute atomic E-state index is 5.66. The van der Waals surface area contributed by atoms with Crippen molar-refractivity contribution in [2.75, 3.05) is 38.3 Å². The normalized spacial score (nSPS) is 16.4. The number of benzene rings is 2. The highest BCUT2D eigenvalue weighted by molar-refractivity contribution is 7.80. The molecular formula is C21H26N3O2S+. The molecule has 1 saturated heterocycles. The molecule has 0 saturated carbocycles. The molecule has 2 heterocycles. The first-order valence-corrected chi connectivity index (χ1v) is 9.99. The molecule has 2 N–H and O–H groups in total. The fourth-order valence-corrected chi connectivity index (χ4v) is 3.98. The minimum atomic E-state index is 0.329. The third-order valence-electron chi connectivity index (χ3n) is 5.29. The second-order valence-electron chi connectivity index (χ2n) is 7.04. The van der Waals surface area contributed by atoms with Crippen molar-refractivity contribution >= 4 is 23.0 Å². The number of aryl methyl sites for hydroxylation is 1. The smallest absolute Gasteiger partial charge is 0.231 e. The zero-order valence-electron chi connectivity index (χ0n) is 15.7. The van der Waals surface area contributed by atoms with Crippen LogP contribution in [0.25, 0.3) is 0 Å². The van der Waals surface area contributed by atoms with E-state index in [4.69, 9.17) is 21.7 Å². The number of nitrogens with zero attached hydrogens (tertiary/aromatic N) is 1. The van der Waals surface area contributed by atoms with Gasteiger partial charge >= 0.3 is 0 Å². The lowest BCUT2D eigenvalue weighted by Gasteiger charge is -2.34. The Hall–Kier alpha value is -2.31. The Bertz CT molecular complexity index is 819. The van der Waals surface area contributed by atoms with Crippen LogP contribution in [0.2, 0.25) is 0 Å². The summed E-state index contributed by atoms with van der Waals surface area (Å²) in [6.07, 6.45) is 0.999. The lowest BCUT2D eigenvalue weighted by atomic mass is 10.1.